The molecule has 9 heteroatoms. The predicted octanol–water partition coefficient (Wildman–Crippen LogP) is 2.21. The summed E-state index contributed by atoms with van der Waals surface area (Å²) in [5.41, 5.74) is 3.15. The first-order chi connectivity index (χ1) is 15.7. The summed E-state index contributed by atoms with van der Waals surface area (Å²) < 4.78 is 6.05. The van der Waals surface area contributed by atoms with Crippen LogP contribution in [0.25, 0.3) is 10.2 Å². The maximum atomic E-state index is 11.7. The molecule has 0 aliphatic carbocycles. The Bertz CT molecular complexity index is 1090. The number of phenolic OH excluding ortho intramolecular Hbond substituents is 1. The molecular formula is C24H33N3O5S. The predicted molar refractivity (Wildman–Crippen MR) is 131 cm³/mol. The number of H-pyrrole nitrogens is 1. The van der Waals surface area contributed by atoms with Gasteiger partial charge in [0.2, 0.25) is 5.91 Å². The van der Waals surface area contributed by atoms with E-state index in [-0.39, 0.29) is 23.1 Å². The highest BCUT2D eigenvalue weighted by Crippen LogP contribution is 2.29. The van der Waals surface area contributed by atoms with Gasteiger partial charge in [0.15, 0.2) is 0 Å². The molecule has 0 bridgehead atoms. The van der Waals surface area contributed by atoms with E-state index in [0.717, 1.165) is 43.0 Å². The van der Waals surface area contributed by atoms with Crippen LogP contribution in [0, 0.1) is 0 Å². The molecule has 0 aliphatic rings. The number of aromatic amines is 1. The fourth-order valence-corrected chi connectivity index (χ4v) is 4.46. The van der Waals surface area contributed by atoms with Crippen molar-refractivity contribution in [3.63, 3.8) is 0 Å². The van der Waals surface area contributed by atoms with Crippen molar-refractivity contribution in [3.05, 3.63) is 62.8 Å². The van der Waals surface area contributed by atoms with Gasteiger partial charge in [0, 0.05) is 26.1 Å². The summed E-state index contributed by atoms with van der Waals surface area (Å²) in [4.78, 5) is 13.9. The maximum absolute atomic E-state index is 11.7. The minimum Gasteiger partial charge on any atom is -0.506 e. The summed E-state index contributed by atoms with van der Waals surface area (Å²) in [6.07, 6.45) is 1.72. The van der Waals surface area contributed by atoms with Crippen molar-refractivity contribution < 1.29 is 20.1 Å². The lowest BCUT2D eigenvalue weighted by molar-refractivity contribution is -0.183. The third-order valence-corrected chi connectivity index (χ3v) is 6.13. The molecule has 0 amide bonds. The lowest BCUT2D eigenvalue weighted by Gasteiger charge is -2.23. The van der Waals surface area contributed by atoms with E-state index in [2.05, 4.69) is 27.8 Å². The molecule has 0 saturated heterocycles. The van der Waals surface area contributed by atoms with E-state index in [0.29, 0.717) is 28.7 Å². The van der Waals surface area contributed by atoms with Gasteiger partial charge in [-0.25, -0.2) is 0 Å². The fraction of sp³-hybridized carbons (Fsp3) is 0.458. The largest absolute Gasteiger partial charge is 0.506 e. The lowest BCUT2D eigenvalue weighted by Crippen LogP contribution is -2.47. The molecule has 1 aromatic heterocycles. The van der Waals surface area contributed by atoms with Crippen LogP contribution in [-0.2, 0) is 24.1 Å². The second kappa shape index (κ2) is 11.7. The first-order valence-corrected chi connectivity index (χ1v) is 12.0. The Morgan fingerprint density at radius 1 is 1.15 bits per heavy atom. The molecule has 3 rings (SSSR count). The number of thiazole rings is 1. The van der Waals surface area contributed by atoms with Gasteiger partial charge in [0.25, 0.3) is 0 Å². The summed E-state index contributed by atoms with van der Waals surface area (Å²) in [7, 11) is 0. The number of benzene rings is 2. The van der Waals surface area contributed by atoms with Gasteiger partial charge in [-0.2, -0.15) is 0 Å². The van der Waals surface area contributed by atoms with Gasteiger partial charge in [0.05, 0.1) is 10.8 Å². The highest BCUT2D eigenvalue weighted by molar-refractivity contribution is 7.16. The number of fused-ring (bicyclic) bond motifs is 1. The molecule has 3 aromatic rings. The van der Waals surface area contributed by atoms with E-state index in [1.807, 2.05) is 26.0 Å². The standard InChI is InChI=1S/C24H33N3O5S/c1-16(2)32-12-4-10-25-15-18-6-3-5-17(13-18)9-11-26-24(30,31)14-19-7-8-20(28)21-22(19)33-23(29)27-21/h3,5-8,13,16,25-26,28,30-31H,4,9-12,14-15H2,1-2H3,(H,27,29). The van der Waals surface area contributed by atoms with Crippen molar-refractivity contribution in [1.29, 1.82) is 0 Å². The van der Waals surface area contributed by atoms with Gasteiger partial charge in [0.1, 0.15) is 11.3 Å². The quantitative estimate of drug-likeness (QED) is 0.165. The smallest absolute Gasteiger partial charge is 0.305 e. The van der Waals surface area contributed by atoms with Crippen LogP contribution in [0.3, 0.4) is 0 Å². The third-order valence-electron chi connectivity index (χ3n) is 5.17. The Morgan fingerprint density at radius 3 is 2.73 bits per heavy atom. The molecule has 0 spiro atoms. The Hall–Kier alpha value is -2.27. The van der Waals surface area contributed by atoms with Crippen LogP contribution in [0.2, 0.25) is 0 Å². The van der Waals surface area contributed by atoms with Crippen LogP contribution < -0.4 is 15.5 Å². The summed E-state index contributed by atoms with van der Waals surface area (Å²) in [5.74, 6) is -2.19. The van der Waals surface area contributed by atoms with E-state index in [4.69, 9.17) is 4.74 Å². The number of ether oxygens (including phenoxy) is 1. The number of rotatable bonds is 13. The van der Waals surface area contributed by atoms with E-state index in [1.165, 1.54) is 11.6 Å². The zero-order valence-corrected chi connectivity index (χ0v) is 19.9. The van der Waals surface area contributed by atoms with E-state index < -0.39 is 5.91 Å². The highest BCUT2D eigenvalue weighted by Gasteiger charge is 2.25. The molecule has 0 aliphatic heterocycles. The second-order valence-electron chi connectivity index (χ2n) is 8.40. The maximum Gasteiger partial charge on any atom is 0.305 e. The first-order valence-electron chi connectivity index (χ1n) is 11.2. The van der Waals surface area contributed by atoms with Crippen LogP contribution in [0.4, 0.5) is 0 Å². The molecule has 6 N–H and O–H groups in total. The second-order valence-corrected chi connectivity index (χ2v) is 9.39. The van der Waals surface area contributed by atoms with Gasteiger partial charge in [-0.15, -0.1) is 0 Å². The topological polar surface area (TPSA) is 127 Å². The molecule has 0 unspecified atom stereocenters. The number of aromatic nitrogens is 1. The van der Waals surface area contributed by atoms with Crippen molar-refractivity contribution in [1.82, 2.24) is 15.6 Å². The molecule has 0 saturated carbocycles. The van der Waals surface area contributed by atoms with Crippen LogP contribution >= 0.6 is 11.3 Å². The first kappa shape index (κ1) is 25.4. The van der Waals surface area contributed by atoms with Gasteiger partial charge in [-0.3, -0.25) is 10.1 Å². The summed E-state index contributed by atoms with van der Waals surface area (Å²) in [6.45, 7) is 6.83. The molecule has 2 aromatic carbocycles. The Morgan fingerprint density at radius 2 is 1.94 bits per heavy atom. The van der Waals surface area contributed by atoms with E-state index >= 15 is 0 Å². The highest BCUT2D eigenvalue weighted by atomic mass is 32.1. The normalized spacial score (nSPS) is 12.2. The molecule has 1 heterocycles. The van der Waals surface area contributed by atoms with Crippen molar-refractivity contribution in [3.8, 4) is 5.75 Å². The van der Waals surface area contributed by atoms with Crippen LogP contribution in [0.15, 0.2) is 41.2 Å². The zero-order chi connectivity index (χ0) is 23.8. The molecule has 0 fully saturated rings. The zero-order valence-electron chi connectivity index (χ0n) is 19.1. The van der Waals surface area contributed by atoms with E-state index in [9.17, 15) is 20.1 Å². The van der Waals surface area contributed by atoms with Crippen LogP contribution in [0.1, 0.15) is 37.0 Å². The SMILES string of the molecule is CC(C)OCCCNCc1cccc(CCNC(O)(O)Cc2ccc(O)c3[nH]c(=O)sc23)c1. The molecule has 0 radical (unpaired) electrons. The Balaban J connectivity index is 1.47. The summed E-state index contributed by atoms with van der Waals surface area (Å²) >= 11 is 0.934. The molecule has 180 valence electrons. The average Bonchev–Trinajstić information content (AvgIpc) is 3.15. The van der Waals surface area contributed by atoms with Gasteiger partial charge >= 0.3 is 4.87 Å². The molecular weight excluding hydrogens is 442 g/mol. The van der Waals surface area contributed by atoms with Gasteiger partial charge in [-0.1, -0.05) is 41.7 Å². The molecule has 8 nitrogen and oxygen atoms in total. The minimum atomic E-state index is -2.14. The number of hydrogen-bond acceptors (Lipinski definition) is 8. The number of phenols is 1. The molecule has 33 heavy (non-hydrogen) atoms. The fourth-order valence-electron chi connectivity index (χ4n) is 3.59. The summed E-state index contributed by atoms with van der Waals surface area (Å²) in [6, 6.07) is 11.2. The number of hydrogen-bond donors (Lipinski definition) is 6. The van der Waals surface area contributed by atoms with Gasteiger partial charge in [-0.05, 0) is 56.0 Å². The summed E-state index contributed by atoms with van der Waals surface area (Å²) in [5, 5.41) is 37.0. The van der Waals surface area contributed by atoms with Crippen molar-refractivity contribution in [2.24, 2.45) is 0 Å². The lowest BCUT2D eigenvalue weighted by atomic mass is 10.1. The Kier molecular flexibility index (Phi) is 9.02. The number of nitrogens with one attached hydrogen (secondary N) is 3. The van der Waals surface area contributed by atoms with Crippen molar-refractivity contribution in [2.45, 2.75) is 51.7 Å². The van der Waals surface area contributed by atoms with Crippen LogP contribution in [-0.4, -0.2) is 52.0 Å². The monoisotopic (exact) mass is 475 g/mol. The third kappa shape index (κ3) is 7.92. The van der Waals surface area contributed by atoms with Crippen LogP contribution in [0.5, 0.6) is 5.75 Å². The number of aromatic hydroxyl groups is 1. The average molecular weight is 476 g/mol. The Labute approximate surface area is 197 Å². The van der Waals surface area contributed by atoms with Crippen molar-refractivity contribution >= 4 is 21.6 Å². The minimum absolute atomic E-state index is 0.0419. The van der Waals surface area contributed by atoms with E-state index in [1.54, 1.807) is 6.07 Å². The van der Waals surface area contributed by atoms with Crippen molar-refractivity contribution in [2.75, 3.05) is 19.7 Å². The molecule has 0 atom stereocenters. The van der Waals surface area contributed by atoms with Gasteiger partial charge < -0.3 is 30.4 Å². The number of aliphatic hydroxyl groups is 2.